The summed E-state index contributed by atoms with van der Waals surface area (Å²) in [6, 6.07) is 33.4. The lowest BCUT2D eigenvalue weighted by molar-refractivity contribution is -0.116. The van der Waals surface area contributed by atoms with Gasteiger partial charge in [0.15, 0.2) is 0 Å². The number of thioether (sulfide) groups is 1. The third-order valence-electron chi connectivity index (χ3n) is 6.94. The van der Waals surface area contributed by atoms with Crippen LogP contribution in [0.2, 0.25) is 15.1 Å². The Morgan fingerprint density at radius 3 is 2.08 bits per heavy atom. The zero-order chi connectivity index (χ0) is 34.9. The van der Waals surface area contributed by atoms with Crippen LogP contribution in [0.15, 0.2) is 132 Å². The van der Waals surface area contributed by atoms with E-state index < -0.39 is 28.9 Å². The molecule has 0 aliphatic carbocycles. The van der Waals surface area contributed by atoms with E-state index in [4.69, 9.17) is 34.8 Å². The third kappa shape index (κ3) is 9.52. The lowest BCUT2D eigenvalue weighted by Gasteiger charge is -2.18. The van der Waals surface area contributed by atoms with Gasteiger partial charge in [0.2, 0.25) is 5.91 Å². The van der Waals surface area contributed by atoms with E-state index in [-0.39, 0.29) is 27.0 Å². The van der Waals surface area contributed by atoms with Crippen molar-refractivity contribution in [1.82, 2.24) is 5.32 Å². The number of carboxylic acid groups (broad SMARTS) is 1. The fraction of sp³-hybridized carbons (Fsp3) is 0.0270. The molecule has 8 nitrogen and oxygen atoms in total. The maximum absolute atomic E-state index is 13.6. The van der Waals surface area contributed by atoms with Crippen LogP contribution in [0, 0.1) is 0 Å². The standard InChI is InChI=1S/C37H26Cl3N3O5S/c38-25-15-14-24(31(40)19-25)18-32(43-34(44)23-10-5-2-6-11-23)35(45)41-26-12-7-13-28(20-26)49-33(22-8-3-1-4-9-22)36(46)42-27-16-17-30(39)29(21-27)37(47)48/h1-21,33H,(H,41,45)(H,42,46)(H,43,44)(H,47,48)/b32-18+. The Balaban J connectivity index is 1.39. The van der Waals surface area contributed by atoms with Gasteiger partial charge in [-0.3, -0.25) is 14.4 Å². The van der Waals surface area contributed by atoms with Gasteiger partial charge in [-0.05, 0) is 77.9 Å². The summed E-state index contributed by atoms with van der Waals surface area (Å²) < 4.78 is 0. The predicted molar refractivity (Wildman–Crippen MR) is 195 cm³/mol. The summed E-state index contributed by atoms with van der Waals surface area (Å²) in [5.74, 6) is -2.74. The van der Waals surface area contributed by atoms with E-state index in [1.165, 1.54) is 42.1 Å². The van der Waals surface area contributed by atoms with E-state index in [0.29, 0.717) is 32.3 Å². The molecule has 0 fully saturated rings. The molecule has 1 atom stereocenters. The molecule has 5 aromatic rings. The van der Waals surface area contributed by atoms with Crippen LogP contribution in [0.25, 0.3) is 6.08 Å². The van der Waals surface area contributed by atoms with Crippen molar-refractivity contribution in [3.63, 3.8) is 0 Å². The van der Waals surface area contributed by atoms with Gasteiger partial charge in [-0.1, -0.05) is 95.5 Å². The molecular weight excluding hydrogens is 705 g/mol. The van der Waals surface area contributed by atoms with E-state index >= 15 is 0 Å². The molecule has 4 N–H and O–H groups in total. The van der Waals surface area contributed by atoms with Crippen LogP contribution in [-0.2, 0) is 9.59 Å². The molecular formula is C37H26Cl3N3O5S. The number of halogens is 3. The Morgan fingerprint density at radius 1 is 0.694 bits per heavy atom. The molecule has 3 amide bonds. The Hall–Kier alpha value is -5.06. The Labute approximate surface area is 301 Å². The Kier molecular flexibility index (Phi) is 11.8. The van der Waals surface area contributed by atoms with Crippen molar-refractivity contribution in [3.05, 3.63) is 164 Å². The maximum atomic E-state index is 13.6. The molecule has 49 heavy (non-hydrogen) atoms. The zero-order valence-corrected chi connectivity index (χ0v) is 28.4. The molecule has 1 unspecified atom stereocenters. The van der Waals surface area contributed by atoms with Gasteiger partial charge in [-0.2, -0.15) is 0 Å². The number of amides is 3. The fourth-order valence-electron chi connectivity index (χ4n) is 4.57. The second-order valence-corrected chi connectivity index (χ2v) is 12.9. The van der Waals surface area contributed by atoms with E-state index in [0.717, 1.165) is 0 Å². The summed E-state index contributed by atoms with van der Waals surface area (Å²) in [7, 11) is 0. The molecule has 0 aliphatic rings. The lowest BCUT2D eigenvalue weighted by Crippen LogP contribution is -2.30. The minimum atomic E-state index is -1.22. The fourth-order valence-corrected chi connectivity index (χ4v) is 6.32. The Bertz CT molecular complexity index is 2060. The number of rotatable bonds is 11. The highest BCUT2D eigenvalue weighted by molar-refractivity contribution is 8.00. The van der Waals surface area contributed by atoms with Crippen molar-refractivity contribution in [2.24, 2.45) is 0 Å². The highest BCUT2D eigenvalue weighted by atomic mass is 35.5. The summed E-state index contributed by atoms with van der Waals surface area (Å²) in [5.41, 5.74) is 1.96. The molecule has 0 radical (unpaired) electrons. The first kappa shape index (κ1) is 35.3. The highest BCUT2D eigenvalue weighted by Crippen LogP contribution is 2.37. The molecule has 12 heteroatoms. The van der Waals surface area contributed by atoms with Gasteiger partial charge in [-0.15, -0.1) is 11.8 Å². The van der Waals surface area contributed by atoms with Crippen LogP contribution >= 0.6 is 46.6 Å². The first-order chi connectivity index (χ1) is 23.6. The number of carbonyl (C=O) groups excluding carboxylic acids is 3. The normalized spacial score (nSPS) is 11.7. The molecule has 0 aromatic heterocycles. The number of anilines is 2. The zero-order valence-electron chi connectivity index (χ0n) is 25.3. The summed E-state index contributed by atoms with van der Waals surface area (Å²) in [6.07, 6.45) is 1.45. The van der Waals surface area contributed by atoms with Crippen LogP contribution in [0.1, 0.15) is 37.1 Å². The van der Waals surface area contributed by atoms with E-state index in [1.54, 1.807) is 66.7 Å². The van der Waals surface area contributed by atoms with Crippen molar-refractivity contribution in [3.8, 4) is 0 Å². The maximum Gasteiger partial charge on any atom is 0.337 e. The molecule has 0 spiro atoms. The van der Waals surface area contributed by atoms with Gasteiger partial charge < -0.3 is 21.1 Å². The third-order valence-corrected chi connectivity index (χ3v) is 9.08. The topological polar surface area (TPSA) is 125 Å². The van der Waals surface area contributed by atoms with Crippen molar-refractivity contribution in [1.29, 1.82) is 0 Å². The smallest absolute Gasteiger partial charge is 0.337 e. The minimum Gasteiger partial charge on any atom is -0.478 e. The molecule has 5 rings (SSSR count). The number of carboxylic acids is 1. The largest absolute Gasteiger partial charge is 0.478 e. The van der Waals surface area contributed by atoms with Crippen molar-refractivity contribution in [2.45, 2.75) is 10.1 Å². The Morgan fingerprint density at radius 2 is 1.39 bits per heavy atom. The van der Waals surface area contributed by atoms with Gasteiger partial charge in [0, 0.05) is 31.9 Å². The molecule has 0 heterocycles. The summed E-state index contributed by atoms with van der Waals surface area (Å²) in [6.45, 7) is 0. The van der Waals surface area contributed by atoms with Crippen LogP contribution in [-0.4, -0.2) is 28.8 Å². The number of benzene rings is 5. The van der Waals surface area contributed by atoms with E-state index in [2.05, 4.69) is 16.0 Å². The predicted octanol–water partition coefficient (Wildman–Crippen LogP) is 9.23. The summed E-state index contributed by atoms with van der Waals surface area (Å²) >= 11 is 19.7. The molecule has 0 saturated heterocycles. The van der Waals surface area contributed by atoms with Crippen molar-refractivity contribution >= 4 is 87.7 Å². The van der Waals surface area contributed by atoms with Crippen LogP contribution in [0.4, 0.5) is 11.4 Å². The van der Waals surface area contributed by atoms with Crippen molar-refractivity contribution in [2.75, 3.05) is 10.6 Å². The number of aromatic carboxylic acids is 1. The second-order valence-electron chi connectivity index (χ2n) is 10.4. The quantitative estimate of drug-likeness (QED) is 0.0794. The number of carbonyl (C=O) groups is 4. The average Bonchev–Trinajstić information content (AvgIpc) is 3.09. The van der Waals surface area contributed by atoms with Gasteiger partial charge in [0.1, 0.15) is 10.9 Å². The van der Waals surface area contributed by atoms with Gasteiger partial charge in [0.25, 0.3) is 11.8 Å². The van der Waals surface area contributed by atoms with Gasteiger partial charge >= 0.3 is 5.97 Å². The van der Waals surface area contributed by atoms with Gasteiger partial charge in [-0.25, -0.2) is 4.79 Å². The molecule has 5 aromatic carbocycles. The molecule has 246 valence electrons. The second kappa shape index (κ2) is 16.4. The monoisotopic (exact) mass is 729 g/mol. The van der Waals surface area contributed by atoms with Crippen molar-refractivity contribution < 1.29 is 24.3 Å². The van der Waals surface area contributed by atoms with E-state index in [9.17, 15) is 24.3 Å². The number of nitrogens with one attached hydrogen (secondary N) is 3. The molecule has 0 saturated carbocycles. The first-order valence-electron chi connectivity index (χ1n) is 14.6. The number of hydrogen-bond acceptors (Lipinski definition) is 5. The summed E-state index contributed by atoms with van der Waals surface area (Å²) in [4.78, 5) is 52.5. The SMILES string of the molecule is O=C(Nc1cccc(SC(C(=O)Nc2ccc(Cl)c(C(=O)O)c2)c2ccccc2)c1)/C(=C\c1ccc(Cl)cc1Cl)NC(=O)c1ccccc1. The molecule has 0 aliphatic heterocycles. The first-order valence-corrected chi connectivity index (χ1v) is 16.6. The molecule has 0 bridgehead atoms. The van der Waals surface area contributed by atoms with E-state index in [1.807, 2.05) is 30.3 Å². The highest BCUT2D eigenvalue weighted by Gasteiger charge is 2.24. The lowest BCUT2D eigenvalue weighted by atomic mass is 10.1. The van der Waals surface area contributed by atoms with Crippen LogP contribution in [0.5, 0.6) is 0 Å². The minimum absolute atomic E-state index is 0.0484. The van der Waals surface area contributed by atoms with Crippen LogP contribution < -0.4 is 16.0 Å². The number of hydrogen-bond donors (Lipinski definition) is 4. The van der Waals surface area contributed by atoms with Crippen LogP contribution in [0.3, 0.4) is 0 Å². The van der Waals surface area contributed by atoms with Gasteiger partial charge in [0.05, 0.1) is 10.6 Å². The summed E-state index contributed by atoms with van der Waals surface area (Å²) in [5, 5.41) is 17.7. The average molecular weight is 731 g/mol.